The van der Waals surface area contributed by atoms with E-state index in [1.807, 2.05) is 16.7 Å². The Labute approximate surface area is 299 Å². The molecule has 1 fully saturated rings. The Kier molecular flexibility index (Phi) is 11.5. The van der Waals surface area contributed by atoms with Gasteiger partial charge in [0.1, 0.15) is 6.61 Å². The summed E-state index contributed by atoms with van der Waals surface area (Å²) in [7, 11) is -4.24. The summed E-state index contributed by atoms with van der Waals surface area (Å²) in [6.07, 6.45) is 3.17. The fourth-order valence-corrected chi connectivity index (χ4v) is 8.70. The van der Waals surface area contributed by atoms with Crippen molar-refractivity contribution in [1.82, 2.24) is 20.3 Å². The Balaban J connectivity index is 0.899. The number of carbonyl (C=O) groups excluding carboxylic acids is 2. The Hall–Kier alpha value is -4.25. The molecule has 0 unspecified atom stereocenters. The number of sulfone groups is 1. The van der Waals surface area contributed by atoms with Gasteiger partial charge in [0, 0.05) is 60.3 Å². The molecule has 264 valence electrons. The molecule has 0 atom stereocenters. The Morgan fingerprint density at radius 3 is 2.50 bits per heavy atom. The maximum atomic E-state index is 12.9. The van der Waals surface area contributed by atoms with Gasteiger partial charge in [-0.3, -0.25) is 19.1 Å². The number of ether oxygens (including phenoxy) is 1. The molecule has 4 aromatic rings. The van der Waals surface area contributed by atoms with Gasteiger partial charge in [-0.05, 0) is 66.6 Å². The normalized spacial score (nSPS) is 14.6. The van der Waals surface area contributed by atoms with Crippen LogP contribution in [0.15, 0.2) is 102 Å². The molecule has 0 saturated carbocycles. The second kappa shape index (κ2) is 16.2. The summed E-state index contributed by atoms with van der Waals surface area (Å²) in [5.41, 5.74) is 2.49. The fourth-order valence-electron chi connectivity index (χ4n) is 5.90. The van der Waals surface area contributed by atoms with Gasteiger partial charge in [-0.25, -0.2) is 8.42 Å². The van der Waals surface area contributed by atoms with Gasteiger partial charge in [0.2, 0.25) is 11.8 Å². The minimum Gasteiger partial charge on any atom is -0.453 e. The highest BCUT2D eigenvalue weighted by Gasteiger charge is 2.35. The van der Waals surface area contributed by atoms with Crippen LogP contribution in [0, 0.1) is 5.21 Å². The van der Waals surface area contributed by atoms with E-state index in [1.165, 1.54) is 50.3 Å². The van der Waals surface area contributed by atoms with Crippen molar-refractivity contribution in [3.63, 3.8) is 0 Å². The van der Waals surface area contributed by atoms with Gasteiger partial charge in [0.05, 0.1) is 28.0 Å². The number of hydrogen-bond acceptors (Lipinski definition) is 12. The molecule has 1 aromatic heterocycles. The minimum absolute atomic E-state index is 0.00647. The smallest absolute Gasteiger partial charge is 0.415 e. The van der Waals surface area contributed by atoms with E-state index in [4.69, 9.17) is 4.74 Å². The predicted octanol–water partition coefficient (Wildman–Crippen LogP) is 3.98. The molecular formula is C34H38N6O7S3. The van der Waals surface area contributed by atoms with E-state index < -0.39 is 20.7 Å². The summed E-state index contributed by atoms with van der Waals surface area (Å²) in [5.74, 6) is -0.919. The largest absolute Gasteiger partial charge is 0.453 e. The highest BCUT2D eigenvalue weighted by Crippen LogP contribution is 2.48. The van der Waals surface area contributed by atoms with Crippen LogP contribution in [0.3, 0.4) is 0 Å². The lowest BCUT2D eigenvalue weighted by atomic mass is 10.2. The lowest BCUT2D eigenvalue weighted by Crippen LogP contribution is -2.49. The number of aromatic nitrogens is 2. The molecule has 2 aliphatic heterocycles. The first-order chi connectivity index (χ1) is 24.2. The van der Waals surface area contributed by atoms with Gasteiger partial charge >= 0.3 is 10.9 Å². The summed E-state index contributed by atoms with van der Waals surface area (Å²) in [5, 5.41) is 17.3. The van der Waals surface area contributed by atoms with Gasteiger partial charge in [-0.1, -0.05) is 42.1 Å². The molecule has 3 aromatic carbocycles. The number of thioether (sulfide) groups is 1. The van der Waals surface area contributed by atoms with Gasteiger partial charge in [-0.2, -0.15) is 0 Å². The molecule has 2 aliphatic rings. The van der Waals surface area contributed by atoms with Crippen molar-refractivity contribution in [2.75, 3.05) is 63.6 Å². The number of para-hydroxylation sites is 1. The molecule has 2 amide bonds. The SMILES string of the molecule is CSc1ccc2c(c1)N(CCCN1CCN(C(=O)CCC(=O)NCCOc3no[n+]([O-])c3S(=O)(=O)c3ccccc3)CC1)c1ccccc1S2. The van der Waals surface area contributed by atoms with Crippen molar-refractivity contribution in [1.29, 1.82) is 0 Å². The molecule has 0 aliphatic carbocycles. The maximum absolute atomic E-state index is 12.9. The van der Waals surface area contributed by atoms with Crippen molar-refractivity contribution in [3.8, 4) is 5.88 Å². The number of hydrogen-bond donors (Lipinski definition) is 1. The number of nitrogens with one attached hydrogen (secondary N) is 1. The van der Waals surface area contributed by atoms with Crippen molar-refractivity contribution in [2.45, 2.75) is 43.9 Å². The van der Waals surface area contributed by atoms with Crippen molar-refractivity contribution >= 4 is 56.6 Å². The van der Waals surface area contributed by atoms with E-state index in [9.17, 15) is 23.2 Å². The van der Waals surface area contributed by atoms with Crippen molar-refractivity contribution in [3.05, 3.63) is 78.0 Å². The van der Waals surface area contributed by atoms with Gasteiger partial charge in [-0.15, -0.1) is 11.8 Å². The van der Waals surface area contributed by atoms with Gasteiger partial charge < -0.3 is 25.1 Å². The molecule has 1 saturated heterocycles. The first-order valence-corrected chi connectivity index (χ1v) is 19.8. The van der Waals surface area contributed by atoms with Crippen molar-refractivity contribution in [2.24, 2.45) is 0 Å². The second-order valence-corrected chi connectivity index (χ2v) is 15.5. The van der Waals surface area contributed by atoms with E-state index in [0.717, 1.165) is 32.6 Å². The first-order valence-electron chi connectivity index (χ1n) is 16.3. The summed E-state index contributed by atoms with van der Waals surface area (Å²) < 4.78 is 35.5. The molecule has 0 radical (unpaired) electrons. The molecule has 16 heteroatoms. The first kappa shape index (κ1) is 35.6. The molecular weight excluding hydrogens is 701 g/mol. The second-order valence-electron chi connectivity index (χ2n) is 11.7. The number of benzene rings is 3. The number of amides is 2. The quantitative estimate of drug-likeness (QED) is 0.113. The number of anilines is 2. The van der Waals surface area contributed by atoms with Crippen LogP contribution in [0.5, 0.6) is 5.88 Å². The molecule has 3 heterocycles. The zero-order chi connectivity index (χ0) is 35.1. The highest BCUT2D eigenvalue weighted by atomic mass is 32.2. The maximum Gasteiger partial charge on any atom is 0.415 e. The zero-order valence-electron chi connectivity index (χ0n) is 27.5. The molecule has 1 N–H and O–H groups in total. The summed E-state index contributed by atoms with van der Waals surface area (Å²) in [6, 6.07) is 22.6. The average molecular weight is 739 g/mol. The average Bonchev–Trinajstić information content (AvgIpc) is 3.53. The van der Waals surface area contributed by atoms with E-state index in [1.54, 1.807) is 17.8 Å². The minimum atomic E-state index is -4.24. The van der Waals surface area contributed by atoms with Crippen LogP contribution >= 0.6 is 23.5 Å². The molecule has 6 rings (SSSR count). The third-order valence-corrected chi connectivity index (χ3v) is 12.1. The van der Waals surface area contributed by atoms with Crippen LogP contribution in [-0.4, -0.2) is 93.9 Å². The molecule has 50 heavy (non-hydrogen) atoms. The van der Waals surface area contributed by atoms with Crippen LogP contribution in [-0.2, 0) is 19.4 Å². The Bertz CT molecular complexity index is 1920. The van der Waals surface area contributed by atoms with Crippen LogP contribution < -0.4 is 19.9 Å². The van der Waals surface area contributed by atoms with Crippen LogP contribution in [0.25, 0.3) is 0 Å². The Morgan fingerprint density at radius 1 is 0.980 bits per heavy atom. The highest BCUT2D eigenvalue weighted by molar-refractivity contribution is 8.00. The topological polar surface area (TPSA) is 152 Å². The predicted molar refractivity (Wildman–Crippen MR) is 189 cm³/mol. The number of carbonyl (C=O) groups is 2. The van der Waals surface area contributed by atoms with E-state index in [0.29, 0.717) is 13.1 Å². The van der Waals surface area contributed by atoms with E-state index in [2.05, 4.69) is 73.6 Å². The van der Waals surface area contributed by atoms with Crippen LogP contribution in [0.4, 0.5) is 11.4 Å². The van der Waals surface area contributed by atoms with Gasteiger partial charge in [0.15, 0.2) is 0 Å². The lowest BCUT2D eigenvalue weighted by molar-refractivity contribution is -0.832. The summed E-state index contributed by atoms with van der Waals surface area (Å²) >= 11 is 3.57. The van der Waals surface area contributed by atoms with E-state index in [-0.39, 0.29) is 47.6 Å². The number of rotatable bonds is 14. The monoisotopic (exact) mass is 738 g/mol. The Morgan fingerprint density at radius 2 is 1.72 bits per heavy atom. The number of fused-ring (bicyclic) bond motifs is 2. The number of nitrogens with zero attached hydrogens (tertiary/aromatic N) is 5. The third kappa shape index (κ3) is 8.20. The van der Waals surface area contributed by atoms with Crippen LogP contribution in [0.2, 0.25) is 0 Å². The van der Waals surface area contributed by atoms with Crippen LogP contribution in [0.1, 0.15) is 19.3 Å². The van der Waals surface area contributed by atoms with Crippen molar-refractivity contribution < 1.29 is 32.3 Å². The van der Waals surface area contributed by atoms with E-state index >= 15 is 0 Å². The summed E-state index contributed by atoms with van der Waals surface area (Å²) in [4.78, 5) is 35.3. The number of piperazine rings is 1. The van der Waals surface area contributed by atoms with Gasteiger partial charge in [0.25, 0.3) is 9.84 Å². The fraction of sp³-hybridized carbons (Fsp3) is 0.353. The zero-order valence-corrected chi connectivity index (χ0v) is 30.0. The molecule has 0 spiro atoms. The standard InChI is InChI=1S/C34H38N6O7S3/c1-48-25-12-13-30-28(24-25)39(27-10-5-6-11-29(27)49-30)18-7-17-37-19-21-38(22-20-37)32(42)15-14-31(41)35-16-23-46-33-34(40(43)47-36-33)50(44,45)26-8-3-2-4-9-26/h2-6,8-13,24H,7,14-23H2,1H3,(H,35,41). The molecule has 13 nitrogen and oxygen atoms in total. The third-order valence-electron chi connectivity index (χ3n) is 8.50. The lowest BCUT2D eigenvalue weighted by Gasteiger charge is -2.36. The summed E-state index contributed by atoms with van der Waals surface area (Å²) in [6.45, 7) is 4.46. The molecule has 0 bridgehead atoms.